The monoisotopic (exact) mass is 459 g/mol. The highest BCUT2D eigenvalue weighted by Gasteiger charge is 2.30. The van der Waals surface area contributed by atoms with E-state index in [0.29, 0.717) is 18.7 Å². The van der Waals surface area contributed by atoms with Crippen molar-refractivity contribution in [3.05, 3.63) is 70.8 Å². The molecular weight excluding hydrogens is 434 g/mol. The standard InChI is InChI=1S/C23H26ClN3O3S/c24-21-11-8-19(17-22(21)31(29,30)25-20-9-10-20)23(28)27-15-13-26(14-16-27)12-4-7-18-5-2-1-3-6-18/h1-8,11,17,20,25H,9-10,12-16H2. The van der Waals surface area contributed by atoms with Gasteiger partial charge >= 0.3 is 0 Å². The average molecular weight is 460 g/mol. The number of rotatable bonds is 7. The van der Waals surface area contributed by atoms with E-state index < -0.39 is 10.0 Å². The molecule has 2 aliphatic rings. The highest BCUT2D eigenvalue weighted by molar-refractivity contribution is 7.89. The van der Waals surface area contributed by atoms with Crippen molar-refractivity contribution in [2.45, 2.75) is 23.8 Å². The van der Waals surface area contributed by atoms with Crippen molar-refractivity contribution in [2.75, 3.05) is 32.7 Å². The molecule has 164 valence electrons. The Balaban J connectivity index is 1.35. The highest BCUT2D eigenvalue weighted by atomic mass is 35.5. The molecule has 31 heavy (non-hydrogen) atoms. The van der Waals surface area contributed by atoms with Crippen molar-refractivity contribution in [3.63, 3.8) is 0 Å². The molecule has 1 saturated heterocycles. The fourth-order valence-corrected chi connectivity index (χ4v) is 5.38. The third-order valence-electron chi connectivity index (χ3n) is 5.50. The summed E-state index contributed by atoms with van der Waals surface area (Å²) in [5.74, 6) is -0.168. The lowest BCUT2D eigenvalue weighted by Gasteiger charge is -2.34. The van der Waals surface area contributed by atoms with E-state index in [2.05, 4.69) is 33.9 Å². The molecule has 6 nitrogen and oxygen atoms in total. The second-order valence-electron chi connectivity index (χ2n) is 7.95. The van der Waals surface area contributed by atoms with Crippen molar-refractivity contribution >= 4 is 33.6 Å². The second-order valence-corrected chi connectivity index (χ2v) is 10.0. The molecule has 0 unspecified atom stereocenters. The molecule has 4 rings (SSSR count). The average Bonchev–Trinajstić information content (AvgIpc) is 3.58. The van der Waals surface area contributed by atoms with Gasteiger partial charge in [-0.3, -0.25) is 9.69 Å². The molecule has 0 spiro atoms. The fraction of sp³-hybridized carbons (Fsp3) is 0.348. The number of amides is 1. The zero-order chi connectivity index (χ0) is 21.8. The van der Waals surface area contributed by atoms with Gasteiger partial charge in [-0.25, -0.2) is 13.1 Å². The third kappa shape index (κ3) is 5.74. The summed E-state index contributed by atoms with van der Waals surface area (Å²) in [6.45, 7) is 3.57. The molecule has 1 amide bonds. The molecule has 1 aliphatic heterocycles. The zero-order valence-corrected chi connectivity index (χ0v) is 18.8. The van der Waals surface area contributed by atoms with Crippen molar-refractivity contribution in [3.8, 4) is 0 Å². The maximum Gasteiger partial charge on any atom is 0.253 e. The summed E-state index contributed by atoms with van der Waals surface area (Å²) in [7, 11) is -3.72. The largest absolute Gasteiger partial charge is 0.336 e. The Hall–Kier alpha value is -2.19. The Labute approximate surface area is 188 Å². The van der Waals surface area contributed by atoms with E-state index in [1.54, 1.807) is 11.0 Å². The van der Waals surface area contributed by atoms with E-state index in [0.717, 1.165) is 32.5 Å². The molecule has 0 aromatic heterocycles. The highest BCUT2D eigenvalue weighted by Crippen LogP contribution is 2.27. The number of carbonyl (C=O) groups is 1. The van der Waals surface area contributed by atoms with Crippen LogP contribution in [0.2, 0.25) is 5.02 Å². The van der Waals surface area contributed by atoms with Crippen LogP contribution < -0.4 is 4.72 Å². The molecular formula is C23H26ClN3O3S. The topological polar surface area (TPSA) is 69.7 Å². The van der Waals surface area contributed by atoms with Crippen molar-refractivity contribution < 1.29 is 13.2 Å². The minimum Gasteiger partial charge on any atom is -0.336 e. The summed E-state index contributed by atoms with van der Waals surface area (Å²) in [5, 5.41) is 0.125. The summed E-state index contributed by atoms with van der Waals surface area (Å²) in [4.78, 5) is 17.0. The molecule has 1 aliphatic carbocycles. The molecule has 0 atom stereocenters. The van der Waals surface area contributed by atoms with Crippen LogP contribution in [0.5, 0.6) is 0 Å². The first-order chi connectivity index (χ1) is 14.9. The third-order valence-corrected chi connectivity index (χ3v) is 7.50. The van der Waals surface area contributed by atoms with Crippen LogP contribution in [0.3, 0.4) is 0 Å². The Morgan fingerprint density at radius 1 is 1.06 bits per heavy atom. The van der Waals surface area contributed by atoms with E-state index >= 15 is 0 Å². The number of sulfonamides is 1. The summed E-state index contributed by atoms with van der Waals surface area (Å²) < 4.78 is 27.8. The van der Waals surface area contributed by atoms with E-state index in [9.17, 15) is 13.2 Å². The van der Waals surface area contributed by atoms with Gasteiger partial charge in [0.15, 0.2) is 0 Å². The fourth-order valence-electron chi connectivity index (χ4n) is 3.54. The minimum absolute atomic E-state index is 0.0237. The van der Waals surface area contributed by atoms with Gasteiger partial charge in [-0.2, -0.15) is 0 Å². The van der Waals surface area contributed by atoms with E-state index in [-0.39, 0.29) is 21.9 Å². The van der Waals surface area contributed by atoms with Crippen LogP contribution in [0, 0.1) is 0 Å². The van der Waals surface area contributed by atoms with Crippen LogP contribution in [0.15, 0.2) is 59.5 Å². The summed E-state index contributed by atoms with van der Waals surface area (Å²) in [5.41, 5.74) is 1.51. The normalized spacial score (nSPS) is 17.9. The first kappa shape index (κ1) is 22.0. The van der Waals surface area contributed by atoms with Gasteiger partial charge in [0.1, 0.15) is 4.90 Å². The number of piperazine rings is 1. The van der Waals surface area contributed by atoms with Gasteiger partial charge in [0.25, 0.3) is 5.91 Å². The number of halogens is 1. The van der Waals surface area contributed by atoms with Crippen LogP contribution in [-0.4, -0.2) is 62.9 Å². The van der Waals surface area contributed by atoms with Crippen LogP contribution >= 0.6 is 11.6 Å². The van der Waals surface area contributed by atoms with Crippen LogP contribution in [0.4, 0.5) is 0 Å². The van der Waals surface area contributed by atoms with Gasteiger partial charge in [-0.1, -0.05) is 54.1 Å². The van der Waals surface area contributed by atoms with Crippen molar-refractivity contribution in [1.29, 1.82) is 0 Å². The van der Waals surface area contributed by atoms with E-state index in [1.807, 2.05) is 18.2 Å². The number of benzene rings is 2. The predicted octanol–water partition coefficient (Wildman–Crippen LogP) is 3.25. The summed E-state index contributed by atoms with van der Waals surface area (Å²) in [6, 6.07) is 14.6. The lowest BCUT2D eigenvalue weighted by atomic mass is 10.1. The molecule has 2 aromatic rings. The number of carbonyl (C=O) groups excluding carboxylic acids is 1. The predicted molar refractivity (Wildman–Crippen MR) is 123 cm³/mol. The Morgan fingerprint density at radius 3 is 2.45 bits per heavy atom. The molecule has 1 saturated carbocycles. The number of nitrogens with one attached hydrogen (secondary N) is 1. The lowest BCUT2D eigenvalue weighted by Crippen LogP contribution is -2.48. The number of nitrogens with zero attached hydrogens (tertiary/aromatic N) is 2. The van der Waals surface area contributed by atoms with Crippen molar-refractivity contribution in [2.24, 2.45) is 0 Å². The molecule has 2 fully saturated rings. The number of hydrogen-bond donors (Lipinski definition) is 1. The van der Waals surface area contributed by atoms with Crippen molar-refractivity contribution in [1.82, 2.24) is 14.5 Å². The van der Waals surface area contributed by atoms with Crippen LogP contribution in [0.1, 0.15) is 28.8 Å². The van der Waals surface area contributed by atoms with Gasteiger partial charge in [0, 0.05) is 44.3 Å². The molecule has 1 N–H and O–H groups in total. The minimum atomic E-state index is -3.72. The summed E-state index contributed by atoms with van der Waals surface area (Å²) >= 11 is 6.13. The maximum atomic E-state index is 13.0. The summed E-state index contributed by atoms with van der Waals surface area (Å²) in [6.07, 6.45) is 5.90. The van der Waals surface area contributed by atoms with E-state index in [4.69, 9.17) is 11.6 Å². The first-order valence-electron chi connectivity index (χ1n) is 10.5. The maximum absolute atomic E-state index is 13.0. The lowest BCUT2D eigenvalue weighted by molar-refractivity contribution is 0.0650. The molecule has 8 heteroatoms. The van der Waals surface area contributed by atoms with Gasteiger partial charge < -0.3 is 4.90 Å². The van der Waals surface area contributed by atoms with Gasteiger partial charge in [0.2, 0.25) is 10.0 Å². The zero-order valence-electron chi connectivity index (χ0n) is 17.2. The van der Waals surface area contributed by atoms with Crippen LogP contribution in [0.25, 0.3) is 6.08 Å². The quantitative estimate of drug-likeness (QED) is 0.690. The molecule has 0 bridgehead atoms. The molecule has 0 radical (unpaired) electrons. The Bertz CT molecular complexity index is 1060. The van der Waals surface area contributed by atoms with Crippen LogP contribution in [-0.2, 0) is 10.0 Å². The second kappa shape index (κ2) is 9.53. The van der Waals surface area contributed by atoms with Gasteiger partial charge in [-0.05, 0) is 36.6 Å². The Morgan fingerprint density at radius 2 is 1.77 bits per heavy atom. The molecule has 1 heterocycles. The SMILES string of the molecule is O=C(c1ccc(Cl)c(S(=O)(=O)NC2CC2)c1)N1CCN(CC=Cc2ccccc2)CC1. The van der Waals surface area contributed by atoms with E-state index in [1.165, 1.54) is 17.7 Å². The first-order valence-corrected chi connectivity index (χ1v) is 12.3. The number of hydrogen-bond acceptors (Lipinski definition) is 4. The molecule has 2 aromatic carbocycles. The van der Waals surface area contributed by atoms with Gasteiger partial charge in [-0.15, -0.1) is 0 Å². The Kier molecular flexibility index (Phi) is 6.77. The van der Waals surface area contributed by atoms with Gasteiger partial charge in [0.05, 0.1) is 5.02 Å². The smallest absolute Gasteiger partial charge is 0.253 e.